The van der Waals surface area contributed by atoms with Crippen LogP contribution in [-0.2, 0) is 13.0 Å². The van der Waals surface area contributed by atoms with Crippen molar-refractivity contribution in [2.75, 3.05) is 12.8 Å². The Morgan fingerprint density at radius 1 is 1.40 bits per heavy atom. The average molecular weight is 427 g/mol. The van der Waals surface area contributed by atoms with Crippen LogP contribution in [-0.4, -0.2) is 42.9 Å². The molecule has 1 aliphatic heterocycles. The number of ether oxygens (including phenoxy) is 1. The van der Waals surface area contributed by atoms with E-state index in [-0.39, 0.29) is 17.0 Å². The molecule has 156 valence electrons. The minimum Gasteiger partial charge on any atom is -0.496 e. The Kier molecular flexibility index (Phi) is 5.24. The topological polar surface area (TPSA) is 166 Å². The Morgan fingerprint density at radius 3 is 2.93 bits per heavy atom. The smallest absolute Gasteiger partial charge is 0.223 e. The monoisotopic (exact) mass is 426 g/mol. The number of anilines is 1. The molecule has 5 N–H and O–H groups in total. The standard InChI is InChI=1S/C18H22N10OS/c1-8-6-22-11(9(2)14(8)29-3)7-28-16-13-10(26-28)4-5-12(15(19)25-27-21)30-17(13)24-18(20)23-16/h6,12H,4-5,7H2,1-3H3,(H3,19,21,25)(H2,20,23,24). The van der Waals surface area contributed by atoms with Crippen LogP contribution in [0.15, 0.2) is 21.6 Å². The first-order valence-electron chi connectivity index (χ1n) is 9.31. The number of nitrogens with two attached hydrogens (primary N) is 2. The molecule has 0 aliphatic carbocycles. The minimum absolute atomic E-state index is 0.0949. The van der Waals surface area contributed by atoms with E-state index in [1.165, 1.54) is 11.8 Å². The summed E-state index contributed by atoms with van der Waals surface area (Å²) in [6.45, 7) is 4.38. The van der Waals surface area contributed by atoms with Crippen LogP contribution in [0.25, 0.3) is 11.0 Å². The number of rotatable bonds is 4. The maximum Gasteiger partial charge on any atom is 0.223 e. The molecule has 4 rings (SSSR count). The lowest BCUT2D eigenvalue weighted by atomic mass is 10.1. The molecule has 0 fully saturated rings. The van der Waals surface area contributed by atoms with Crippen molar-refractivity contribution >= 4 is 34.6 Å². The lowest BCUT2D eigenvalue weighted by molar-refractivity contribution is 0.406. The van der Waals surface area contributed by atoms with Gasteiger partial charge >= 0.3 is 0 Å². The number of nitrogens with zero attached hydrogens (tertiary/aromatic N) is 7. The van der Waals surface area contributed by atoms with E-state index in [9.17, 15) is 0 Å². The largest absolute Gasteiger partial charge is 0.496 e. The van der Waals surface area contributed by atoms with Crippen LogP contribution < -0.4 is 16.3 Å². The Balaban J connectivity index is 1.78. The molecule has 1 atom stereocenters. The number of pyridine rings is 1. The number of aromatic nitrogens is 5. The van der Waals surface area contributed by atoms with Gasteiger partial charge in [0, 0.05) is 17.3 Å². The molecule has 0 saturated carbocycles. The summed E-state index contributed by atoms with van der Waals surface area (Å²) in [5.74, 6) is 6.17. The maximum absolute atomic E-state index is 8.07. The van der Waals surface area contributed by atoms with Crippen LogP contribution in [0, 0.1) is 19.3 Å². The average Bonchev–Trinajstić information content (AvgIpc) is 2.93. The summed E-state index contributed by atoms with van der Waals surface area (Å²) >= 11 is 1.41. The molecule has 0 spiro atoms. The molecule has 11 nitrogen and oxygen atoms in total. The quantitative estimate of drug-likeness (QED) is 0.142. The zero-order valence-electron chi connectivity index (χ0n) is 16.9. The zero-order valence-corrected chi connectivity index (χ0v) is 17.7. The number of amidine groups is 1. The van der Waals surface area contributed by atoms with Gasteiger partial charge in [-0.1, -0.05) is 17.0 Å². The highest BCUT2D eigenvalue weighted by Crippen LogP contribution is 2.37. The molecule has 1 aliphatic rings. The van der Waals surface area contributed by atoms with Crippen molar-refractivity contribution < 1.29 is 4.74 Å². The fraction of sp³-hybridized carbons (Fsp3) is 0.389. The Morgan fingerprint density at radius 2 is 2.20 bits per heavy atom. The first kappa shape index (κ1) is 20.0. The molecular formula is C18H22N10OS. The highest BCUT2D eigenvalue weighted by Gasteiger charge is 2.28. The molecule has 0 aromatic carbocycles. The normalized spacial score (nSPS) is 16.2. The maximum atomic E-state index is 8.07. The van der Waals surface area contributed by atoms with Gasteiger partial charge in [0.05, 0.1) is 35.7 Å². The molecular weight excluding hydrogens is 404 g/mol. The summed E-state index contributed by atoms with van der Waals surface area (Å²) in [4.78, 5) is 13.4. The van der Waals surface area contributed by atoms with E-state index in [0.717, 1.165) is 33.7 Å². The predicted molar refractivity (Wildman–Crippen MR) is 114 cm³/mol. The first-order chi connectivity index (χ1) is 14.4. The third-order valence-electron chi connectivity index (χ3n) is 5.07. The van der Waals surface area contributed by atoms with E-state index >= 15 is 0 Å². The van der Waals surface area contributed by atoms with Gasteiger partial charge < -0.3 is 16.3 Å². The number of methoxy groups -OCH3 is 1. The van der Waals surface area contributed by atoms with Crippen molar-refractivity contribution in [1.29, 1.82) is 5.41 Å². The van der Waals surface area contributed by atoms with E-state index in [1.54, 1.807) is 13.3 Å². The van der Waals surface area contributed by atoms with Gasteiger partial charge in [0.15, 0.2) is 11.5 Å². The molecule has 0 saturated heterocycles. The summed E-state index contributed by atoms with van der Waals surface area (Å²) < 4.78 is 7.33. The van der Waals surface area contributed by atoms with Crippen molar-refractivity contribution in [2.24, 2.45) is 16.2 Å². The van der Waals surface area contributed by atoms with Crippen molar-refractivity contribution in [3.63, 3.8) is 0 Å². The third-order valence-corrected chi connectivity index (χ3v) is 6.33. The molecule has 4 heterocycles. The second kappa shape index (κ2) is 7.86. The number of hydrogen-bond donors (Lipinski definition) is 3. The van der Waals surface area contributed by atoms with Crippen molar-refractivity contribution in [2.45, 2.75) is 43.5 Å². The lowest BCUT2D eigenvalue weighted by Gasteiger charge is -2.13. The van der Waals surface area contributed by atoms with Crippen LogP contribution in [0.1, 0.15) is 28.9 Å². The molecule has 0 bridgehead atoms. The van der Waals surface area contributed by atoms with E-state index in [2.05, 4.69) is 25.3 Å². The number of nitrogen functional groups attached to an aromatic ring is 1. The Hall–Kier alpha value is -3.28. The highest BCUT2D eigenvalue weighted by atomic mass is 32.2. The summed E-state index contributed by atoms with van der Waals surface area (Å²) in [5, 5.41) is 21.1. The second-order valence-electron chi connectivity index (χ2n) is 6.98. The molecule has 30 heavy (non-hydrogen) atoms. The number of thioether (sulfide) groups is 1. The van der Waals surface area contributed by atoms with E-state index in [0.29, 0.717) is 30.1 Å². The number of nitrogens with one attached hydrogen (secondary N) is 1. The number of aryl methyl sites for hydroxylation is 2. The van der Waals surface area contributed by atoms with E-state index in [1.807, 2.05) is 18.5 Å². The second-order valence-corrected chi connectivity index (χ2v) is 8.17. The minimum atomic E-state index is -0.234. The van der Waals surface area contributed by atoms with Crippen LogP contribution in [0.5, 0.6) is 5.75 Å². The fourth-order valence-electron chi connectivity index (χ4n) is 3.65. The van der Waals surface area contributed by atoms with Crippen LogP contribution in [0.3, 0.4) is 0 Å². The summed E-state index contributed by atoms with van der Waals surface area (Å²) in [6, 6.07) is 0. The van der Waals surface area contributed by atoms with Crippen LogP contribution in [0.4, 0.5) is 5.95 Å². The molecule has 0 radical (unpaired) electrons. The molecule has 3 aromatic heterocycles. The van der Waals surface area contributed by atoms with Gasteiger partial charge in [0.1, 0.15) is 10.8 Å². The van der Waals surface area contributed by atoms with E-state index in [4.69, 9.17) is 26.8 Å². The van der Waals surface area contributed by atoms with Gasteiger partial charge in [0.2, 0.25) is 5.95 Å². The van der Waals surface area contributed by atoms with Gasteiger partial charge in [-0.15, -0.1) is 5.11 Å². The SMILES string of the molecule is COc1c(C)cnc(Cn2nc3c4c(nc(N)nc42)SC(C(=N)N=NN)CC3)c1C. The summed E-state index contributed by atoms with van der Waals surface area (Å²) in [6.07, 6.45) is 3.10. The zero-order chi connectivity index (χ0) is 21.4. The van der Waals surface area contributed by atoms with Crippen molar-refractivity contribution in [1.82, 2.24) is 24.7 Å². The number of hydrogen-bond acceptors (Lipinski definition) is 9. The lowest BCUT2D eigenvalue weighted by Crippen LogP contribution is -2.15. The highest BCUT2D eigenvalue weighted by molar-refractivity contribution is 8.00. The summed E-state index contributed by atoms with van der Waals surface area (Å²) in [7, 11) is 1.65. The first-order valence-corrected chi connectivity index (χ1v) is 10.2. The van der Waals surface area contributed by atoms with Crippen molar-refractivity contribution in [3.05, 3.63) is 28.7 Å². The van der Waals surface area contributed by atoms with Gasteiger partial charge in [-0.25, -0.2) is 9.67 Å². The molecule has 1 unspecified atom stereocenters. The van der Waals surface area contributed by atoms with E-state index < -0.39 is 0 Å². The Bertz CT molecular complexity index is 1170. The predicted octanol–water partition coefficient (Wildman–Crippen LogP) is 2.19. The fourth-order valence-corrected chi connectivity index (χ4v) is 4.79. The van der Waals surface area contributed by atoms with Gasteiger partial charge in [-0.3, -0.25) is 10.4 Å². The Labute approximate surface area is 176 Å². The van der Waals surface area contributed by atoms with Gasteiger partial charge in [0.25, 0.3) is 0 Å². The van der Waals surface area contributed by atoms with Gasteiger partial charge in [-0.05, 0) is 26.7 Å². The molecule has 12 heteroatoms. The van der Waals surface area contributed by atoms with Crippen LogP contribution in [0.2, 0.25) is 0 Å². The summed E-state index contributed by atoms with van der Waals surface area (Å²) in [5.41, 5.74) is 10.3. The molecule has 0 amide bonds. The molecule has 3 aromatic rings. The van der Waals surface area contributed by atoms with Crippen molar-refractivity contribution in [3.8, 4) is 5.75 Å². The third kappa shape index (κ3) is 3.43. The van der Waals surface area contributed by atoms with Crippen LogP contribution >= 0.6 is 11.8 Å². The van der Waals surface area contributed by atoms with Gasteiger partial charge in [-0.2, -0.15) is 10.1 Å².